The smallest absolute Gasteiger partial charge is 0.234 e. The van der Waals surface area contributed by atoms with E-state index in [9.17, 15) is 4.79 Å². The summed E-state index contributed by atoms with van der Waals surface area (Å²) >= 11 is 1.67. The number of rotatable bonds is 2. The predicted octanol–water partition coefficient (Wildman–Crippen LogP) is 1.22. The Kier molecular flexibility index (Phi) is 2.61. The lowest BCUT2D eigenvalue weighted by molar-refractivity contribution is -0.124. The van der Waals surface area contributed by atoms with E-state index >= 15 is 0 Å². The third kappa shape index (κ3) is 1.83. The van der Waals surface area contributed by atoms with Crippen molar-refractivity contribution in [2.45, 2.75) is 22.6 Å². The maximum atomic E-state index is 11.9. The molecule has 2 aliphatic rings. The van der Waals surface area contributed by atoms with E-state index in [4.69, 9.17) is 4.74 Å². The molecule has 1 fully saturated rings. The second kappa shape index (κ2) is 4.11. The van der Waals surface area contributed by atoms with Crippen molar-refractivity contribution in [2.24, 2.45) is 0 Å². The number of benzene rings is 1. The SMILES string of the molecule is O=C(NC1COC1)C1Cc2ccccc2S1. The highest BCUT2D eigenvalue weighted by molar-refractivity contribution is 8.01. The molecular formula is C12H13NO2S. The Bertz CT molecular complexity index is 392. The van der Waals surface area contributed by atoms with Gasteiger partial charge in [-0.2, -0.15) is 0 Å². The Balaban J connectivity index is 1.64. The molecule has 0 spiro atoms. The number of amides is 1. The van der Waals surface area contributed by atoms with Gasteiger partial charge in [0.05, 0.1) is 24.5 Å². The molecule has 1 aromatic carbocycles. The third-order valence-electron chi connectivity index (χ3n) is 2.92. The van der Waals surface area contributed by atoms with Gasteiger partial charge < -0.3 is 10.1 Å². The van der Waals surface area contributed by atoms with Crippen LogP contribution in [-0.2, 0) is 16.0 Å². The van der Waals surface area contributed by atoms with Crippen LogP contribution in [0.25, 0.3) is 0 Å². The molecule has 1 amide bonds. The Hall–Kier alpha value is -1.00. The Morgan fingerprint density at radius 1 is 1.38 bits per heavy atom. The van der Waals surface area contributed by atoms with E-state index in [1.54, 1.807) is 11.8 Å². The van der Waals surface area contributed by atoms with E-state index in [-0.39, 0.29) is 17.2 Å². The van der Waals surface area contributed by atoms with Crippen LogP contribution < -0.4 is 5.32 Å². The first-order valence-electron chi connectivity index (χ1n) is 5.45. The van der Waals surface area contributed by atoms with E-state index in [0.717, 1.165) is 6.42 Å². The summed E-state index contributed by atoms with van der Waals surface area (Å²) < 4.78 is 5.04. The number of carbonyl (C=O) groups is 1. The molecule has 4 heteroatoms. The first kappa shape index (κ1) is 10.2. The molecular weight excluding hydrogens is 222 g/mol. The van der Waals surface area contributed by atoms with E-state index in [0.29, 0.717) is 13.2 Å². The topological polar surface area (TPSA) is 38.3 Å². The van der Waals surface area contributed by atoms with Crippen LogP contribution in [-0.4, -0.2) is 30.4 Å². The van der Waals surface area contributed by atoms with Crippen molar-refractivity contribution in [1.29, 1.82) is 0 Å². The summed E-state index contributed by atoms with van der Waals surface area (Å²) in [6, 6.07) is 8.46. The fourth-order valence-electron chi connectivity index (χ4n) is 1.94. The Morgan fingerprint density at radius 3 is 2.88 bits per heavy atom. The average Bonchev–Trinajstić information content (AvgIpc) is 2.66. The maximum Gasteiger partial charge on any atom is 0.234 e. The minimum Gasteiger partial charge on any atom is -0.377 e. The standard InChI is InChI=1S/C12H13NO2S/c14-12(13-9-6-15-7-9)11-5-8-3-1-2-4-10(8)16-11/h1-4,9,11H,5-7H2,(H,13,14). The number of hydrogen-bond acceptors (Lipinski definition) is 3. The quantitative estimate of drug-likeness (QED) is 0.837. The number of fused-ring (bicyclic) bond motifs is 1. The summed E-state index contributed by atoms with van der Waals surface area (Å²) in [5.41, 5.74) is 1.29. The second-order valence-electron chi connectivity index (χ2n) is 4.16. The molecule has 0 saturated carbocycles. The lowest BCUT2D eigenvalue weighted by Gasteiger charge is -2.27. The summed E-state index contributed by atoms with van der Waals surface area (Å²) in [6.45, 7) is 1.33. The number of ether oxygens (including phenoxy) is 1. The Morgan fingerprint density at radius 2 is 2.19 bits per heavy atom. The molecule has 1 atom stereocenters. The molecule has 3 nitrogen and oxygen atoms in total. The molecule has 84 valence electrons. The van der Waals surface area contributed by atoms with Crippen molar-refractivity contribution >= 4 is 17.7 Å². The van der Waals surface area contributed by atoms with E-state index < -0.39 is 0 Å². The second-order valence-corrected chi connectivity index (χ2v) is 5.41. The van der Waals surface area contributed by atoms with Crippen molar-refractivity contribution in [1.82, 2.24) is 5.32 Å². The lowest BCUT2D eigenvalue weighted by Crippen LogP contribution is -2.51. The molecule has 0 bridgehead atoms. The largest absolute Gasteiger partial charge is 0.377 e. The van der Waals surface area contributed by atoms with Crippen LogP contribution in [0.1, 0.15) is 5.56 Å². The highest BCUT2D eigenvalue weighted by Gasteiger charge is 2.30. The molecule has 2 aliphatic heterocycles. The van der Waals surface area contributed by atoms with Crippen LogP contribution >= 0.6 is 11.8 Å². The van der Waals surface area contributed by atoms with Gasteiger partial charge in [0.2, 0.25) is 5.91 Å². The maximum absolute atomic E-state index is 11.9. The van der Waals surface area contributed by atoms with Gasteiger partial charge in [0.15, 0.2) is 0 Å². The van der Waals surface area contributed by atoms with Crippen molar-refractivity contribution in [3.8, 4) is 0 Å². The number of nitrogens with one attached hydrogen (secondary N) is 1. The van der Waals surface area contributed by atoms with Gasteiger partial charge in [-0.1, -0.05) is 18.2 Å². The fraction of sp³-hybridized carbons (Fsp3) is 0.417. The number of carbonyl (C=O) groups excluding carboxylic acids is 1. The van der Waals surface area contributed by atoms with Gasteiger partial charge in [-0.05, 0) is 18.1 Å². The number of thioether (sulfide) groups is 1. The van der Waals surface area contributed by atoms with Crippen LogP contribution in [0.3, 0.4) is 0 Å². The van der Waals surface area contributed by atoms with Gasteiger partial charge in [0, 0.05) is 4.90 Å². The average molecular weight is 235 g/mol. The zero-order chi connectivity index (χ0) is 11.0. The normalized spacial score (nSPS) is 23.6. The minimum absolute atomic E-state index is 0.0398. The first-order valence-corrected chi connectivity index (χ1v) is 6.33. The monoisotopic (exact) mass is 235 g/mol. The van der Waals surface area contributed by atoms with Crippen molar-refractivity contribution < 1.29 is 9.53 Å². The summed E-state index contributed by atoms with van der Waals surface area (Å²) in [6.07, 6.45) is 0.847. The zero-order valence-corrected chi connectivity index (χ0v) is 9.63. The molecule has 0 aliphatic carbocycles. The molecule has 1 N–H and O–H groups in total. The van der Waals surface area contributed by atoms with Crippen molar-refractivity contribution in [3.63, 3.8) is 0 Å². The van der Waals surface area contributed by atoms with Crippen molar-refractivity contribution in [2.75, 3.05) is 13.2 Å². The summed E-state index contributed by atoms with van der Waals surface area (Å²) in [4.78, 5) is 13.2. The number of hydrogen-bond donors (Lipinski definition) is 1. The predicted molar refractivity (Wildman–Crippen MR) is 62.5 cm³/mol. The Labute approximate surface area is 98.6 Å². The van der Waals surface area contributed by atoms with Gasteiger partial charge in [0.25, 0.3) is 0 Å². The third-order valence-corrected chi connectivity index (χ3v) is 4.24. The van der Waals surface area contributed by atoms with Crippen LogP contribution in [0.5, 0.6) is 0 Å². The van der Waals surface area contributed by atoms with Crippen molar-refractivity contribution in [3.05, 3.63) is 29.8 Å². The van der Waals surface area contributed by atoms with Crippen LogP contribution in [0.4, 0.5) is 0 Å². The van der Waals surface area contributed by atoms with Crippen LogP contribution in [0.2, 0.25) is 0 Å². The molecule has 1 aromatic rings. The van der Waals surface area contributed by atoms with Gasteiger partial charge in [-0.25, -0.2) is 0 Å². The molecule has 1 saturated heterocycles. The van der Waals surface area contributed by atoms with Gasteiger partial charge in [-0.3, -0.25) is 4.79 Å². The molecule has 16 heavy (non-hydrogen) atoms. The van der Waals surface area contributed by atoms with E-state index in [1.807, 2.05) is 12.1 Å². The molecule has 1 unspecified atom stereocenters. The molecule has 0 radical (unpaired) electrons. The first-order chi connectivity index (χ1) is 7.83. The summed E-state index contributed by atoms with van der Waals surface area (Å²) in [5.74, 6) is 0.148. The van der Waals surface area contributed by atoms with E-state index in [2.05, 4.69) is 17.4 Å². The summed E-state index contributed by atoms with van der Waals surface area (Å²) in [7, 11) is 0. The minimum atomic E-state index is 0.0398. The molecule has 3 rings (SSSR count). The molecule has 2 heterocycles. The van der Waals surface area contributed by atoms with Crippen LogP contribution in [0.15, 0.2) is 29.2 Å². The van der Waals surface area contributed by atoms with Gasteiger partial charge in [-0.15, -0.1) is 11.8 Å². The highest BCUT2D eigenvalue weighted by atomic mass is 32.2. The highest BCUT2D eigenvalue weighted by Crippen LogP contribution is 2.36. The van der Waals surface area contributed by atoms with E-state index in [1.165, 1.54) is 10.5 Å². The molecule has 0 aromatic heterocycles. The summed E-state index contributed by atoms with van der Waals surface area (Å²) in [5, 5.41) is 3.05. The zero-order valence-electron chi connectivity index (χ0n) is 8.81. The lowest BCUT2D eigenvalue weighted by atomic mass is 10.1. The fourth-order valence-corrected chi connectivity index (χ4v) is 3.15. The van der Waals surface area contributed by atoms with Gasteiger partial charge >= 0.3 is 0 Å². The van der Waals surface area contributed by atoms with Gasteiger partial charge in [0.1, 0.15) is 0 Å². The van der Waals surface area contributed by atoms with Crippen LogP contribution in [0, 0.1) is 0 Å².